The molecular formula is C13H18N2O2S. The van der Waals surface area contributed by atoms with E-state index in [2.05, 4.69) is 5.32 Å². The number of carbonyl (C=O) groups is 1. The number of hydrogen-bond acceptors (Lipinski definition) is 4. The van der Waals surface area contributed by atoms with E-state index in [-0.39, 0.29) is 11.2 Å². The van der Waals surface area contributed by atoms with Crippen molar-refractivity contribution in [1.82, 2.24) is 0 Å². The molecular weight excluding hydrogens is 248 g/mol. The molecule has 1 aliphatic rings. The van der Waals surface area contributed by atoms with Crippen LogP contribution in [0.2, 0.25) is 0 Å². The quantitative estimate of drug-likeness (QED) is 0.873. The molecule has 0 aromatic heterocycles. The normalized spacial score (nSPS) is 26.9. The van der Waals surface area contributed by atoms with Gasteiger partial charge in [0.2, 0.25) is 5.91 Å². The number of benzene rings is 1. The number of ether oxygens (including phenoxy) is 1. The maximum absolute atomic E-state index is 11.8. The highest BCUT2D eigenvalue weighted by molar-refractivity contribution is 8.00. The molecule has 4 nitrogen and oxygen atoms in total. The van der Waals surface area contributed by atoms with E-state index in [1.165, 1.54) is 0 Å². The van der Waals surface area contributed by atoms with Crippen molar-refractivity contribution in [1.29, 1.82) is 0 Å². The van der Waals surface area contributed by atoms with Crippen molar-refractivity contribution in [3.63, 3.8) is 0 Å². The first-order valence-electron chi connectivity index (χ1n) is 5.92. The van der Waals surface area contributed by atoms with E-state index < -0.39 is 5.54 Å². The van der Waals surface area contributed by atoms with Gasteiger partial charge in [-0.1, -0.05) is 6.92 Å². The summed E-state index contributed by atoms with van der Waals surface area (Å²) in [5.74, 6) is 1.46. The number of anilines is 1. The lowest BCUT2D eigenvalue weighted by atomic mass is 9.91. The molecule has 2 unspecified atom stereocenters. The molecule has 1 heterocycles. The van der Waals surface area contributed by atoms with Crippen LogP contribution in [0.4, 0.5) is 5.69 Å². The molecule has 0 spiro atoms. The third-order valence-corrected chi connectivity index (χ3v) is 4.80. The molecule has 0 aliphatic carbocycles. The number of thioether (sulfide) groups is 1. The lowest BCUT2D eigenvalue weighted by Gasteiger charge is -2.31. The Balaban J connectivity index is 2.21. The minimum absolute atomic E-state index is 0.178. The third kappa shape index (κ3) is 2.27. The van der Waals surface area contributed by atoms with E-state index in [4.69, 9.17) is 10.5 Å². The molecule has 2 rings (SSSR count). The van der Waals surface area contributed by atoms with Crippen LogP contribution in [0.5, 0.6) is 5.75 Å². The van der Waals surface area contributed by atoms with Gasteiger partial charge in [-0.15, -0.1) is 0 Å². The highest BCUT2D eigenvalue weighted by atomic mass is 32.2. The van der Waals surface area contributed by atoms with Crippen molar-refractivity contribution in [3.05, 3.63) is 24.3 Å². The monoisotopic (exact) mass is 266 g/mol. The Hall–Kier alpha value is -1.36. The smallest absolute Gasteiger partial charge is 0.244 e. The number of nitrogens with two attached hydrogens (primary N) is 1. The number of rotatable bonds is 4. The first kappa shape index (κ1) is 13.1. The van der Waals surface area contributed by atoms with Gasteiger partial charge in [0.1, 0.15) is 11.3 Å². The van der Waals surface area contributed by atoms with Gasteiger partial charge < -0.3 is 15.8 Å². The predicted octanol–water partition coefficient (Wildman–Crippen LogP) is 1.86. The molecule has 98 valence electrons. The van der Waals surface area contributed by atoms with Crippen LogP contribution in [0, 0.1) is 0 Å². The fourth-order valence-corrected chi connectivity index (χ4v) is 3.59. The minimum atomic E-state index is -0.640. The summed E-state index contributed by atoms with van der Waals surface area (Å²) in [6.07, 6.45) is 0.764. The third-order valence-electron chi connectivity index (χ3n) is 3.46. The van der Waals surface area contributed by atoms with E-state index in [1.54, 1.807) is 18.9 Å². The van der Waals surface area contributed by atoms with Gasteiger partial charge in [0.25, 0.3) is 0 Å². The molecule has 0 radical (unpaired) electrons. The second-order valence-electron chi connectivity index (χ2n) is 4.45. The highest BCUT2D eigenvalue weighted by Gasteiger charge is 2.46. The number of carbonyl (C=O) groups excluding carboxylic acids is 1. The summed E-state index contributed by atoms with van der Waals surface area (Å²) in [6, 6.07) is 7.53. The summed E-state index contributed by atoms with van der Waals surface area (Å²) in [6.45, 7) is 2.04. The standard InChI is InChI=1S/C13H18N2O2S/c1-9-13(12(14)16,7-8-18-9)15-10-3-5-11(17-2)6-4-10/h3-6,9,15H,7-8H2,1-2H3,(H2,14,16). The number of amides is 1. The molecule has 5 heteroatoms. The SMILES string of the molecule is COc1ccc(NC2(C(N)=O)CCSC2C)cc1. The Morgan fingerprint density at radius 3 is 2.61 bits per heavy atom. The van der Waals surface area contributed by atoms with Gasteiger partial charge in [0, 0.05) is 10.9 Å². The van der Waals surface area contributed by atoms with E-state index in [1.807, 2.05) is 31.2 Å². The molecule has 1 aliphatic heterocycles. The van der Waals surface area contributed by atoms with Crippen molar-refractivity contribution in [2.75, 3.05) is 18.2 Å². The molecule has 3 N–H and O–H groups in total. The van der Waals surface area contributed by atoms with Crippen LogP contribution < -0.4 is 15.8 Å². The summed E-state index contributed by atoms with van der Waals surface area (Å²) >= 11 is 1.77. The largest absolute Gasteiger partial charge is 0.497 e. The summed E-state index contributed by atoms with van der Waals surface area (Å²) in [5, 5.41) is 3.48. The fourth-order valence-electron chi connectivity index (χ4n) is 2.22. The summed E-state index contributed by atoms with van der Waals surface area (Å²) in [4.78, 5) is 11.8. The molecule has 0 bridgehead atoms. The van der Waals surface area contributed by atoms with Gasteiger partial charge in [-0.05, 0) is 36.4 Å². The molecule has 1 aromatic carbocycles. The number of nitrogens with one attached hydrogen (secondary N) is 1. The average molecular weight is 266 g/mol. The second kappa shape index (κ2) is 5.10. The summed E-state index contributed by atoms with van der Waals surface area (Å²) < 4.78 is 5.11. The number of methoxy groups -OCH3 is 1. The zero-order chi connectivity index (χ0) is 13.2. The highest BCUT2D eigenvalue weighted by Crippen LogP contribution is 2.38. The van der Waals surface area contributed by atoms with Crippen molar-refractivity contribution < 1.29 is 9.53 Å². The summed E-state index contributed by atoms with van der Waals surface area (Å²) in [5.41, 5.74) is 5.84. The van der Waals surface area contributed by atoms with E-state index >= 15 is 0 Å². The number of primary amides is 1. The van der Waals surface area contributed by atoms with Gasteiger partial charge in [-0.3, -0.25) is 4.79 Å². The van der Waals surface area contributed by atoms with Crippen LogP contribution in [0.25, 0.3) is 0 Å². The number of hydrogen-bond donors (Lipinski definition) is 2. The van der Waals surface area contributed by atoms with Gasteiger partial charge in [-0.2, -0.15) is 11.8 Å². The Morgan fingerprint density at radius 2 is 2.17 bits per heavy atom. The fraction of sp³-hybridized carbons (Fsp3) is 0.462. The van der Waals surface area contributed by atoms with Crippen LogP contribution in [0.1, 0.15) is 13.3 Å². The van der Waals surface area contributed by atoms with Gasteiger partial charge in [0.15, 0.2) is 0 Å². The lowest BCUT2D eigenvalue weighted by Crippen LogP contribution is -2.54. The molecule has 1 amide bonds. The van der Waals surface area contributed by atoms with Gasteiger partial charge in [-0.25, -0.2) is 0 Å². The Morgan fingerprint density at radius 1 is 1.50 bits per heavy atom. The van der Waals surface area contributed by atoms with Crippen molar-refractivity contribution in [2.45, 2.75) is 24.1 Å². The van der Waals surface area contributed by atoms with Crippen LogP contribution in [-0.2, 0) is 4.79 Å². The average Bonchev–Trinajstić information content (AvgIpc) is 2.73. The van der Waals surface area contributed by atoms with Gasteiger partial charge in [0.05, 0.1) is 7.11 Å². The predicted molar refractivity (Wildman–Crippen MR) is 75.1 cm³/mol. The maximum atomic E-state index is 11.8. The molecule has 2 atom stereocenters. The van der Waals surface area contributed by atoms with Crippen LogP contribution in [-0.4, -0.2) is 29.6 Å². The molecule has 18 heavy (non-hydrogen) atoms. The van der Waals surface area contributed by atoms with Crippen LogP contribution in [0.15, 0.2) is 24.3 Å². The zero-order valence-electron chi connectivity index (χ0n) is 10.6. The van der Waals surface area contributed by atoms with E-state index in [9.17, 15) is 4.79 Å². The van der Waals surface area contributed by atoms with Crippen molar-refractivity contribution >= 4 is 23.4 Å². The molecule has 1 aromatic rings. The van der Waals surface area contributed by atoms with E-state index in [0.29, 0.717) is 0 Å². The zero-order valence-corrected chi connectivity index (χ0v) is 11.4. The molecule has 0 saturated carbocycles. The van der Waals surface area contributed by atoms with E-state index in [0.717, 1.165) is 23.6 Å². The minimum Gasteiger partial charge on any atom is -0.497 e. The van der Waals surface area contributed by atoms with Crippen molar-refractivity contribution in [3.8, 4) is 5.75 Å². The van der Waals surface area contributed by atoms with Gasteiger partial charge >= 0.3 is 0 Å². The first-order chi connectivity index (χ1) is 8.58. The summed E-state index contributed by atoms with van der Waals surface area (Å²) in [7, 11) is 1.63. The van der Waals surface area contributed by atoms with Crippen molar-refractivity contribution in [2.24, 2.45) is 5.73 Å². The Kier molecular flexibility index (Phi) is 3.71. The van der Waals surface area contributed by atoms with Crippen LogP contribution in [0.3, 0.4) is 0 Å². The Bertz CT molecular complexity index is 435. The molecule has 1 saturated heterocycles. The second-order valence-corrected chi connectivity index (χ2v) is 5.90. The first-order valence-corrected chi connectivity index (χ1v) is 6.97. The lowest BCUT2D eigenvalue weighted by molar-refractivity contribution is -0.122. The maximum Gasteiger partial charge on any atom is 0.244 e. The van der Waals surface area contributed by atoms with Crippen LogP contribution >= 0.6 is 11.8 Å². The topological polar surface area (TPSA) is 64.3 Å². The Labute approximate surface area is 111 Å². The molecule has 1 fully saturated rings.